The van der Waals surface area contributed by atoms with E-state index in [1.165, 1.54) is 0 Å². The molecule has 1 aromatic rings. The number of hydrogen-bond acceptors (Lipinski definition) is 3. The summed E-state index contributed by atoms with van der Waals surface area (Å²) in [5, 5.41) is 11.0. The molecule has 1 aliphatic rings. The van der Waals surface area contributed by atoms with Crippen LogP contribution < -0.4 is 5.73 Å². The Balaban J connectivity index is 2.46. The van der Waals surface area contributed by atoms with Gasteiger partial charge in [-0.3, -0.25) is 10.1 Å². The average Bonchev–Trinajstić information content (AvgIpc) is 2.79. The van der Waals surface area contributed by atoms with Crippen LogP contribution in [0.3, 0.4) is 0 Å². The second kappa shape index (κ2) is 3.81. The number of nitrogens with two attached hydrogens (primary N) is 1. The molecular formula is C13H18N2O2. The maximum Gasteiger partial charge on any atom is 0.272 e. The molecule has 2 unspecified atom stereocenters. The molecule has 4 nitrogen and oxygen atoms in total. The van der Waals surface area contributed by atoms with Crippen LogP contribution in [0.1, 0.15) is 30.9 Å². The van der Waals surface area contributed by atoms with Crippen molar-refractivity contribution >= 4 is 5.69 Å². The molecule has 0 spiro atoms. The standard InChI is InChI=1S/C13H18N2O2/c1-8-4-5-11(15(16)17)9(6-8)12-10(7-14)13(12,2)3/h4-6,10,12H,7,14H2,1-3H3. The molecule has 1 saturated carbocycles. The summed E-state index contributed by atoms with van der Waals surface area (Å²) in [7, 11) is 0. The van der Waals surface area contributed by atoms with Gasteiger partial charge in [0.25, 0.3) is 5.69 Å². The van der Waals surface area contributed by atoms with Gasteiger partial charge in [0, 0.05) is 17.5 Å². The van der Waals surface area contributed by atoms with Crippen molar-refractivity contribution in [2.24, 2.45) is 17.1 Å². The number of rotatable bonds is 3. The van der Waals surface area contributed by atoms with Gasteiger partial charge in [-0.1, -0.05) is 25.5 Å². The van der Waals surface area contributed by atoms with Crippen molar-refractivity contribution in [2.45, 2.75) is 26.7 Å². The fraction of sp³-hybridized carbons (Fsp3) is 0.538. The molecule has 2 rings (SSSR count). The van der Waals surface area contributed by atoms with Crippen LogP contribution in [0.2, 0.25) is 0 Å². The fourth-order valence-electron chi connectivity index (χ4n) is 2.89. The van der Waals surface area contributed by atoms with Gasteiger partial charge in [0.1, 0.15) is 0 Å². The minimum Gasteiger partial charge on any atom is -0.330 e. The quantitative estimate of drug-likeness (QED) is 0.645. The number of nitrogens with zero attached hydrogens (tertiary/aromatic N) is 1. The lowest BCUT2D eigenvalue weighted by molar-refractivity contribution is -0.385. The summed E-state index contributed by atoms with van der Waals surface area (Å²) in [6, 6.07) is 5.32. The Bertz CT molecular complexity index is 468. The summed E-state index contributed by atoms with van der Waals surface area (Å²) in [6.45, 7) is 6.80. The number of nitro groups is 1. The van der Waals surface area contributed by atoms with E-state index in [9.17, 15) is 10.1 Å². The Hall–Kier alpha value is -1.42. The summed E-state index contributed by atoms with van der Waals surface area (Å²) in [5.41, 5.74) is 7.94. The van der Waals surface area contributed by atoms with Crippen LogP contribution in [-0.2, 0) is 0 Å². The van der Waals surface area contributed by atoms with Crippen LogP contribution in [-0.4, -0.2) is 11.5 Å². The molecule has 0 aliphatic heterocycles. The Labute approximate surface area is 101 Å². The highest BCUT2D eigenvalue weighted by atomic mass is 16.6. The van der Waals surface area contributed by atoms with E-state index in [1.54, 1.807) is 12.1 Å². The molecule has 1 fully saturated rings. The molecule has 2 N–H and O–H groups in total. The molecule has 0 aromatic heterocycles. The molecule has 1 aliphatic carbocycles. The normalized spacial score (nSPS) is 25.6. The average molecular weight is 234 g/mol. The predicted octanol–water partition coefficient (Wildman–Crippen LogP) is 2.60. The number of aryl methyl sites for hydroxylation is 1. The summed E-state index contributed by atoms with van der Waals surface area (Å²) >= 11 is 0. The largest absolute Gasteiger partial charge is 0.330 e. The molecule has 1 aromatic carbocycles. The summed E-state index contributed by atoms with van der Waals surface area (Å²) in [5.74, 6) is 0.566. The molecule has 0 amide bonds. The summed E-state index contributed by atoms with van der Waals surface area (Å²) < 4.78 is 0. The van der Waals surface area contributed by atoms with Crippen molar-refractivity contribution in [1.29, 1.82) is 0 Å². The third-order valence-electron chi connectivity index (χ3n) is 4.02. The van der Waals surface area contributed by atoms with Gasteiger partial charge in [-0.15, -0.1) is 0 Å². The first kappa shape index (κ1) is 12.0. The molecule has 0 bridgehead atoms. The zero-order valence-electron chi connectivity index (χ0n) is 10.4. The second-order valence-corrected chi connectivity index (χ2v) is 5.46. The third kappa shape index (κ3) is 1.82. The fourth-order valence-corrected chi connectivity index (χ4v) is 2.89. The Morgan fingerprint density at radius 2 is 2.12 bits per heavy atom. The van der Waals surface area contributed by atoms with E-state index in [0.29, 0.717) is 12.5 Å². The maximum absolute atomic E-state index is 11.0. The SMILES string of the molecule is Cc1ccc([N+](=O)[O-])c(C2C(CN)C2(C)C)c1. The Morgan fingerprint density at radius 1 is 1.47 bits per heavy atom. The van der Waals surface area contributed by atoms with Crippen LogP contribution in [0.15, 0.2) is 18.2 Å². The number of nitro benzene ring substituents is 1. The van der Waals surface area contributed by atoms with E-state index in [4.69, 9.17) is 5.73 Å². The van der Waals surface area contributed by atoms with Gasteiger partial charge in [-0.25, -0.2) is 0 Å². The first-order valence-corrected chi connectivity index (χ1v) is 5.84. The van der Waals surface area contributed by atoms with Gasteiger partial charge in [0.2, 0.25) is 0 Å². The highest BCUT2D eigenvalue weighted by molar-refractivity contribution is 5.49. The highest BCUT2D eigenvalue weighted by Crippen LogP contribution is 2.65. The van der Waals surface area contributed by atoms with E-state index >= 15 is 0 Å². The van der Waals surface area contributed by atoms with E-state index in [-0.39, 0.29) is 21.9 Å². The number of benzene rings is 1. The van der Waals surface area contributed by atoms with Crippen molar-refractivity contribution in [1.82, 2.24) is 0 Å². The highest BCUT2D eigenvalue weighted by Gasteiger charge is 2.58. The molecule has 2 atom stereocenters. The molecule has 17 heavy (non-hydrogen) atoms. The van der Waals surface area contributed by atoms with Crippen molar-refractivity contribution < 1.29 is 4.92 Å². The lowest BCUT2D eigenvalue weighted by atomic mass is 10.00. The van der Waals surface area contributed by atoms with E-state index < -0.39 is 0 Å². The van der Waals surface area contributed by atoms with Gasteiger partial charge in [0.05, 0.1) is 4.92 Å². The van der Waals surface area contributed by atoms with Crippen LogP contribution >= 0.6 is 0 Å². The second-order valence-electron chi connectivity index (χ2n) is 5.46. The lowest BCUT2D eigenvalue weighted by Gasteiger charge is -2.05. The number of hydrogen-bond donors (Lipinski definition) is 1. The smallest absolute Gasteiger partial charge is 0.272 e. The molecular weight excluding hydrogens is 216 g/mol. The predicted molar refractivity (Wildman–Crippen MR) is 66.9 cm³/mol. The Morgan fingerprint density at radius 3 is 2.59 bits per heavy atom. The van der Waals surface area contributed by atoms with Crippen LogP contribution in [0.4, 0.5) is 5.69 Å². The first-order valence-electron chi connectivity index (χ1n) is 5.84. The van der Waals surface area contributed by atoms with Gasteiger partial charge in [-0.05, 0) is 30.9 Å². The van der Waals surface area contributed by atoms with Gasteiger partial charge in [0.15, 0.2) is 0 Å². The van der Waals surface area contributed by atoms with Crippen LogP contribution in [0.5, 0.6) is 0 Å². The minimum atomic E-state index is -0.295. The lowest BCUT2D eigenvalue weighted by Crippen LogP contribution is -2.05. The van der Waals surface area contributed by atoms with Crippen molar-refractivity contribution in [3.05, 3.63) is 39.4 Å². The van der Waals surface area contributed by atoms with Gasteiger partial charge in [-0.2, -0.15) is 0 Å². The van der Waals surface area contributed by atoms with Gasteiger partial charge < -0.3 is 5.73 Å². The van der Waals surface area contributed by atoms with Gasteiger partial charge >= 0.3 is 0 Å². The van der Waals surface area contributed by atoms with Crippen molar-refractivity contribution in [3.8, 4) is 0 Å². The van der Waals surface area contributed by atoms with Crippen LogP contribution in [0.25, 0.3) is 0 Å². The van der Waals surface area contributed by atoms with Crippen LogP contribution in [0, 0.1) is 28.4 Å². The molecule has 0 saturated heterocycles. The Kier molecular flexibility index (Phi) is 2.70. The summed E-state index contributed by atoms with van der Waals surface area (Å²) in [4.78, 5) is 10.8. The first-order chi connectivity index (χ1) is 7.89. The van der Waals surface area contributed by atoms with Crippen molar-refractivity contribution in [3.63, 3.8) is 0 Å². The summed E-state index contributed by atoms with van der Waals surface area (Å²) in [6.07, 6.45) is 0. The molecule has 0 radical (unpaired) electrons. The maximum atomic E-state index is 11.0. The van der Waals surface area contributed by atoms with E-state index in [1.807, 2.05) is 13.0 Å². The van der Waals surface area contributed by atoms with Crippen molar-refractivity contribution in [2.75, 3.05) is 6.54 Å². The molecule has 0 heterocycles. The zero-order valence-corrected chi connectivity index (χ0v) is 10.4. The van der Waals surface area contributed by atoms with E-state index in [2.05, 4.69) is 13.8 Å². The molecule has 4 heteroatoms. The molecule has 92 valence electrons. The zero-order chi connectivity index (χ0) is 12.8. The third-order valence-corrected chi connectivity index (χ3v) is 4.02. The minimum absolute atomic E-state index is 0.0767. The topological polar surface area (TPSA) is 69.2 Å². The van der Waals surface area contributed by atoms with E-state index in [0.717, 1.165) is 11.1 Å². The monoisotopic (exact) mass is 234 g/mol.